The summed E-state index contributed by atoms with van der Waals surface area (Å²) in [5.74, 6) is -0.0504. The van der Waals surface area contributed by atoms with Gasteiger partial charge in [0.15, 0.2) is 5.78 Å². The molecule has 18 heavy (non-hydrogen) atoms. The lowest BCUT2D eigenvalue weighted by Crippen LogP contribution is -2.40. The van der Waals surface area contributed by atoms with E-state index >= 15 is 0 Å². The highest BCUT2D eigenvalue weighted by Crippen LogP contribution is 2.12. The maximum atomic E-state index is 11.8. The molecule has 0 aliphatic heterocycles. The van der Waals surface area contributed by atoms with Gasteiger partial charge in [0.25, 0.3) is 0 Å². The second-order valence-corrected chi connectivity index (χ2v) is 4.53. The Morgan fingerprint density at radius 1 is 1.28 bits per heavy atom. The SMILES string of the molecule is CC[C@H](C)[C@H](N)C(=O)Nc1ccc(C(C)=O)cc1. The Bertz CT molecular complexity index is 426. The van der Waals surface area contributed by atoms with Gasteiger partial charge in [0.1, 0.15) is 0 Å². The standard InChI is InChI=1S/C14H20N2O2/c1-4-9(2)13(15)14(18)16-12-7-5-11(6-8-12)10(3)17/h5-9,13H,4,15H2,1-3H3,(H,16,18)/t9-,13-/m0/s1. The first kappa shape index (κ1) is 14.4. The molecule has 0 spiro atoms. The molecule has 0 unspecified atom stereocenters. The Morgan fingerprint density at radius 2 is 1.83 bits per heavy atom. The summed E-state index contributed by atoms with van der Waals surface area (Å²) in [7, 11) is 0. The van der Waals surface area contributed by atoms with Gasteiger partial charge in [0.2, 0.25) is 5.91 Å². The van der Waals surface area contributed by atoms with Gasteiger partial charge in [-0.1, -0.05) is 20.3 Å². The van der Waals surface area contributed by atoms with Gasteiger partial charge in [0.05, 0.1) is 6.04 Å². The van der Waals surface area contributed by atoms with Crippen LogP contribution in [0.3, 0.4) is 0 Å². The van der Waals surface area contributed by atoms with Gasteiger partial charge in [-0.15, -0.1) is 0 Å². The largest absolute Gasteiger partial charge is 0.325 e. The molecule has 1 rings (SSSR count). The van der Waals surface area contributed by atoms with Crippen LogP contribution in [0.5, 0.6) is 0 Å². The van der Waals surface area contributed by atoms with Crippen molar-refractivity contribution in [2.45, 2.75) is 33.2 Å². The van der Waals surface area contributed by atoms with E-state index in [2.05, 4.69) is 5.32 Å². The summed E-state index contributed by atoms with van der Waals surface area (Å²) >= 11 is 0. The molecule has 98 valence electrons. The second kappa shape index (κ2) is 6.31. The van der Waals surface area contributed by atoms with Crippen molar-refractivity contribution in [2.75, 3.05) is 5.32 Å². The molecule has 1 aromatic carbocycles. The molecule has 0 fully saturated rings. The van der Waals surface area contributed by atoms with E-state index in [4.69, 9.17) is 5.73 Å². The molecule has 0 radical (unpaired) electrons. The van der Waals surface area contributed by atoms with Crippen LogP contribution in [0.1, 0.15) is 37.6 Å². The predicted octanol–water partition coefficient (Wildman–Crippen LogP) is 2.20. The fraction of sp³-hybridized carbons (Fsp3) is 0.429. The molecule has 4 heteroatoms. The molecule has 3 N–H and O–H groups in total. The van der Waals surface area contributed by atoms with Crippen molar-refractivity contribution in [3.8, 4) is 0 Å². The fourth-order valence-corrected chi connectivity index (χ4v) is 1.53. The van der Waals surface area contributed by atoms with Gasteiger partial charge in [-0.05, 0) is 37.1 Å². The normalized spacial score (nSPS) is 13.8. The van der Waals surface area contributed by atoms with Gasteiger partial charge in [-0.2, -0.15) is 0 Å². The van der Waals surface area contributed by atoms with E-state index in [-0.39, 0.29) is 17.6 Å². The van der Waals surface area contributed by atoms with Crippen LogP contribution in [0.2, 0.25) is 0 Å². The van der Waals surface area contributed by atoms with E-state index in [1.54, 1.807) is 24.3 Å². The monoisotopic (exact) mass is 248 g/mol. The number of benzene rings is 1. The van der Waals surface area contributed by atoms with Gasteiger partial charge in [0, 0.05) is 11.3 Å². The summed E-state index contributed by atoms with van der Waals surface area (Å²) in [5, 5.41) is 2.75. The van der Waals surface area contributed by atoms with Crippen LogP contribution in [0.25, 0.3) is 0 Å². The summed E-state index contributed by atoms with van der Waals surface area (Å²) in [6, 6.07) is 6.28. The number of hydrogen-bond donors (Lipinski definition) is 2. The number of nitrogens with two attached hydrogens (primary N) is 1. The summed E-state index contributed by atoms with van der Waals surface area (Å²) in [4.78, 5) is 22.9. The first-order chi connectivity index (χ1) is 8.45. The zero-order chi connectivity index (χ0) is 13.7. The van der Waals surface area contributed by atoms with Gasteiger partial charge in [-0.3, -0.25) is 9.59 Å². The van der Waals surface area contributed by atoms with Crippen molar-refractivity contribution in [3.05, 3.63) is 29.8 Å². The number of rotatable bonds is 5. The fourth-order valence-electron chi connectivity index (χ4n) is 1.53. The van der Waals surface area contributed by atoms with Crippen LogP contribution in [-0.4, -0.2) is 17.7 Å². The Morgan fingerprint density at radius 3 is 2.28 bits per heavy atom. The molecule has 0 bridgehead atoms. The van der Waals surface area contributed by atoms with E-state index < -0.39 is 6.04 Å². The summed E-state index contributed by atoms with van der Waals surface area (Å²) < 4.78 is 0. The van der Waals surface area contributed by atoms with E-state index in [0.29, 0.717) is 11.3 Å². The lowest BCUT2D eigenvalue weighted by molar-refractivity contribution is -0.118. The van der Waals surface area contributed by atoms with Crippen LogP contribution in [0, 0.1) is 5.92 Å². The van der Waals surface area contributed by atoms with Gasteiger partial charge >= 0.3 is 0 Å². The third kappa shape index (κ3) is 3.67. The number of anilines is 1. The first-order valence-corrected chi connectivity index (χ1v) is 6.13. The molecule has 0 saturated heterocycles. The number of Topliss-reactive ketones (excluding diaryl/α,β-unsaturated/α-hetero) is 1. The Balaban J connectivity index is 2.67. The van der Waals surface area contributed by atoms with Crippen LogP contribution in [0.4, 0.5) is 5.69 Å². The number of nitrogens with one attached hydrogen (secondary N) is 1. The smallest absolute Gasteiger partial charge is 0.241 e. The van der Waals surface area contributed by atoms with Crippen LogP contribution < -0.4 is 11.1 Å². The maximum absolute atomic E-state index is 11.8. The number of ketones is 1. The van der Waals surface area contributed by atoms with Crippen molar-refractivity contribution in [1.29, 1.82) is 0 Å². The maximum Gasteiger partial charge on any atom is 0.241 e. The van der Waals surface area contributed by atoms with E-state index in [9.17, 15) is 9.59 Å². The van der Waals surface area contributed by atoms with Crippen molar-refractivity contribution in [1.82, 2.24) is 0 Å². The van der Waals surface area contributed by atoms with Gasteiger partial charge in [-0.25, -0.2) is 0 Å². The molecule has 1 amide bonds. The predicted molar refractivity (Wildman–Crippen MR) is 72.5 cm³/mol. The highest BCUT2D eigenvalue weighted by molar-refractivity contribution is 5.97. The number of carbonyl (C=O) groups is 2. The summed E-state index contributed by atoms with van der Waals surface area (Å²) in [5.41, 5.74) is 7.11. The number of carbonyl (C=O) groups excluding carboxylic acids is 2. The minimum Gasteiger partial charge on any atom is -0.325 e. The highest BCUT2D eigenvalue weighted by atomic mass is 16.2. The van der Waals surface area contributed by atoms with Crippen molar-refractivity contribution in [3.63, 3.8) is 0 Å². The molecule has 0 heterocycles. The highest BCUT2D eigenvalue weighted by Gasteiger charge is 2.19. The Kier molecular flexibility index (Phi) is 5.04. The molecule has 0 aliphatic rings. The minimum absolute atomic E-state index is 0.00387. The van der Waals surface area contributed by atoms with Gasteiger partial charge < -0.3 is 11.1 Å². The molecule has 0 aliphatic carbocycles. The second-order valence-electron chi connectivity index (χ2n) is 4.53. The topological polar surface area (TPSA) is 72.2 Å². The molecule has 1 aromatic rings. The average molecular weight is 248 g/mol. The number of hydrogen-bond acceptors (Lipinski definition) is 3. The van der Waals surface area contributed by atoms with E-state index in [1.807, 2.05) is 13.8 Å². The van der Waals surface area contributed by atoms with E-state index in [1.165, 1.54) is 6.92 Å². The quantitative estimate of drug-likeness (QED) is 0.785. The number of amides is 1. The summed E-state index contributed by atoms with van der Waals surface area (Å²) in [6.45, 7) is 5.45. The lowest BCUT2D eigenvalue weighted by Gasteiger charge is -2.17. The average Bonchev–Trinajstić information content (AvgIpc) is 2.37. The summed E-state index contributed by atoms with van der Waals surface area (Å²) in [6.07, 6.45) is 0.859. The molecular formula is C14H20N2O2. The zero-order valence-electron chi connectivity index (χ0n) is 11.1. The lowest BCUT2D eigenvalue weighted by atomic mass is 9.99. The third-order valence-electron chi connectivity index (χ3n) is 3.12. The van der Waals surface area contributed by atoms with Crippen molar-refractivity contribution in [2.24, 2.45) is 11.7 Å². The van der Waals surface area contributed by atoms with Crippen LogP contribution >= 0.6 is 0 Å². The molecule has 4 nitrogen and oxygen atoms in total. The zero-order valence-corrected chi connectivity index (χ0v) is 11.1. The van der Waals surface area contributed by atoms with Crippen molar-refractivity contribution < 1.29 is 9.59 Å². The molecule has 0 saturated carbocycles. The Labute approximate surface area is 108 Å². The van der Waals surface area contributed by atoms with E-state index in [0.717, 1.165) is 6.42 Å². The molecule has 2 atom stereocenters. The minimum atomic E-state index is -0.512. The third-order valence-corrected chi connectivity index (χ3v) is 3.12. The molecule has 0 aromatic heterocycles. The Hall–Kier alpha value is -1.68. The van der Waals surface area contributed by atoms with Crippen LogP contribution in [-0.2, 0) is 4.79 Å². The first-order valence-electron chi connectivity index (χ1n) is 6.13. The van der Waals surface area contributed by atoms with Crippen LogP contribution in [0.15, 0.2) is 24.3 Å². The van der Waals surface area contributed by atoms with Crippen molar-refractivity contribution >= 4 is 17.4 Å². The molecular weight excluding hydrogens is 228 g/mol.